The van der Waals surface area contributed by atoms with Gasteiger partial charge in [0.1, 0.15) is 16.6 Å². The Morgan fingerprint density at radius 3 is 2.48 bits per heavy atom. The van der Waals surface area contributed by atoms with Crippen molar-refractivity contribution >= 4 is 23.2 Å². The van der Waals surface area contributed by atoms with Gasteiger partial charge in [-0.15, -0.1) is 11.3 Å². The number of methoxy groups -OCH3 is 1. The van der Waals surface area contributed by atoms with E-state index >= 15 is 0 Å². The van der Waals surface area contributed by atoms with Crippen LogP contribution < -0.4 is 10.1 Å². The van der Waals surface area contributed by atoms with Gasteiger partial charge < -0.3 is 14.8 Å². The SMILES string of the molecule is COc1ccc(-c2nc(C(=O)OC(C)C(=O)NCc3ccc(F)cc3)cs2)cc1. The van der Waals surface area contributed by atoms with E-state index in [-0.39, 0.29) is 18.1 Å². The van der Waals surface area contributed by atoms with Crippen LogP contribution in [0.25, 0.3) is 10.6 Å². The number of nitrogens with zero attached hydrogens (tertiary/aromatic N) is 1. The summed E-state index contributed by atoms with van der Waals surface area (Å²) in [6.45, 7) is 1.69. The van der Waals surface area contributed by atoms with Crippen LogP contribution in [0, 0.1) is 5.82 Å². The maximum absolute atomic E-state index is 12.9. The molecular formula is C21H19FN2O4S. The predicted octanol–water partition coefficient (Wildman–Crippen LogP) is 3.82. The first-order valence-corrected chi connectivity index (χ1v) is 9.67. The number of carbonyl (C=O) groups is 2. The van der Waals surface area contributed by atoms with Gasteiger partial charge in [0.05, 0.1) is 7.11 Å². The fourth-order valence-electron chi connectivity index (χ4n) is 2.44. The summed E-state index contributed by atoms with van der Waals surface area (Å²) in [5.41, 5.74) is 1.72. The molecule has 29 heavy (non-hydrogen) atoms. The predicted molar refractivity (Wildman–Crippen MR) is 107 cm³/mol. The van der Waals surface area contributed by atoms with Crippen LogP contribution in [-0.4, -0.2) is 30.1 Å². The third kappa shape index (κ3) is 5.39. The first-order chi connectivity index (χ1) is 14.0. The Morgan fingerprint density at radius 1 is 1.14 bits per heavy atom. The number of rotatable bonds is 7. The molecule has 0 fully saturated rings. The highest BCUT2D eigenvalue weighted by Gasteiger charge is 2.21. The van der Waals surface area contributed by atoms with Gasteiger partial charge in [0.15, 0.2) is 11.8 Å². The lowest BCUT2D eigenvalue weighted by Gasteiger charge is -2.12. The molecule has 2 aromatic carbocycles. The minimum atomic E-state index is -0.992. The van der Waals surface area contributed by atoms with Crippen molar-refractivity contribution in [2.75, 3.05) is 7.11 Å². The number of thiazole rings is 1. The third-order valence-corrected chi connectivity index (χ3v) is 4.97. The van der Waals surface area contributed by atoms with Crippen molar-refractivity contribution in [3.8, 4) is 16.3 Å². The van der Waals surface area contributed by atoms with Crippen LogP contribution in [0.5, 0.6) is 5.75 Å². The topological polar surface area (TPSA) is 77.5 Å². The Bertz CT molecular complexity index is 987. The molecule has 0 aliphatic heterocycles. The molecule has 8 heteroatoms. The molecule has 0 radical (unpaired) electrons. The normalized spacial score (nSPS) is 11.6. The molecular weight excluding hydrogens is 395 g/mol. The van der Waals surface area contributed by atoms with E-state index in [9.17, 15) is 14.0 Å². The zero-order chi connectivity index (χ0) is 20.8. The van der Waals surface area contributed by atoms with Gasteiger partial charge in [0, 0.05) is 17.5 Å². The van der Waals surface area contributed by atoms with Crippen LogP contribution in [0.4, 0.5) is 4.39 Å². The second-order valence-electron chi connectivity index (χ2n) is 6.16. The average molecular weight is 414 g/mol. The van der Waals surface area contributed by atoms with Crippen molar-refractivity contribution in [3.63, 3.8) is 0 Å². The molecule has 0 saturated carbocycles. The number of ether oxygens (including phenoxy) is 2. The minimum Gasteiger partial charge on any atom is -0.497 e. The van der Waals surface area contributed by atoms with Gasteiger partial charge in [0.2, 0.25) is 0 Å². The molecule has 3 aromatic rings. The largest absolute Gasteiger partial charge is 0.497 e. The van der Waals surface area contributed by atoms with E-state index < -0.39 is 18.0 Å². The van der Waals surface area contributed by atoms with E-state index in [4.69, 9.17) is 9.47 Å². The number of hydrogen-bond acceptors (Lipinski definition) is 6. The van der Waals surface area contributed by atoms with Crippen molar-refractivity contribution in [2.45, 2.75) is 19.6 Å². The standard InChI is InChI=1S/C21H19FN2O4S/c1-13(19(25)23-11-14-3-7-16(22)8-4-14)28-21(26)18-12-29-20(24-18)15-5-9-17(27-2)10-6-15/h3-10,12-13H,11H2,1-2H3,(H,23,25). The van der Waals surface area contributed by atoms with E-state index in [0.717, 1.165) is 16.9 Å². The van der Waals surface area contributed by atoms with Gasteiger partial charge >= 0.3 is 5.97 Å². The summed E-state index contributed by atoms with van der Waals surface area (Å²) < 4.78 is 23.2. The Hall–Kier alpha value is -3.26. The zero-order valence-electron chi connectivity index (χ0n) is 15.8. The Labute approximate surface area is 171 Å². The van der Waals surface area contributed by atoms with E-state index in [0.29, 0.717) is 5.01 Å². The van der Waals surface area contributed by atoms with E-state index in [2.05, 4.69) is 10.3 Å². The summed E-state index contributed by atoms with van der Waals surface area (Å²) in [4.78, 5) is 28.7. The lowest BCUT2D eigenvalue weighted by Crippen LogP contribution is -2.35. The summed E-state index contributed by atoms with van der Waals surface area (Å²) in [6.07, 6.45) is -0.992. The summed E-state index contributed by atoms with van der Waals surface area (Å²) in [7, 11) is 1.59. The van der Waals surface area contributed by atoms with Crippen LogP contribution in [0.3, 0.4) is 0 Å². The van der Waals surface area contributed by atoms with Crippen molar-refractivity contribution in [2.24, 2.45) is 0 Å². The number of amides is 1. The molecule has 1 aromatic heterocycles. The van der Waals surface area contributed by atoms with Gasteiger partial charge in [-0.1, -0.05) is 12.1 Å². The molecule has 0 aliphatic carbocycles. The number of nitrogens with one attached hydrogen (secondary N) is 1. The van der Waals surface area contributed by atoms with E-state index in [1.54, 1.807) is 24.6 Å². The highest BCUT2D eigenvalue weighted by atomic mass is 32.1. The van der Waals surface area contributed by atoms with Crippen LogP contribution in [-0.2, 0) is 16.1 Å². The van der Waals surface area contributed by atoms with Gasteiger partial charge in [0.25, 0.3) is 5.91 Å². The molecule has 0 spiro atoms. The number of halogens is 1. The molecule has 1 atom stereocenters. The molecule has 6 nitrogen and oxygen atoms in total. The van der Waals surface area contributed by atoms with E-state index in [1.807, 2.05) is 24.3 Å². The number of carbonyl (C=O) groups excluding carboxylic acids is 2. The second kappa shape index (κ2) is 9.29. The molecule has 1 N–H and O–H groups in total. The zero-order valence-corrected chi connectivity index (χ0v) is 16.7. The Morgan fingerprint density at radius 2 is 1.83 bits per heavy atom. The maximum atomic E-state index is 12.9. The van der Waals surface area contributed by atoms with Crippen molar-refractivity contribution < 1.29 is 23.5 Å². The second-order valence-corrected chi connectivity index (χ2v) is 7.02. The third-order valence-electron chi connectivity index (χ3n) is 4.08. The van der Waals surface area contributed by atoms with Crippen molar-refractivity contribution in [1.82, 2.24) is 10.3 Å². The Balaban J connectivity index is 1.55. The first kappa shape index (κ1) is 20.5. The van der Waals surface area contributed by atoms with Gasteiger partial charge in [-0.25, -0.2) is 14.2 Å². The van der Waals surface area contributed by atoms with Crippen LogP contribution in [0.1, 0.15) is 23.0 Å². The molecule has 1 unspecified atom stereocenters. The average Bonchev–Trinajstić information content (AvgIpc) is 3.23. The van der Waals surface area contributed by atoms with E-state index in [1.165, 1.54) is 30.4 Å². The smallest absolute Gasteiger partial charge is 0.358 e. The molecule has 0 saturated heterocycles. The van der Waals surface area contributed by atoms with Gasteiger partial charge in [-0.3, -0.25) is 4.79 Å². The number of esters is 1. The lowest BCUT2D eigenvalue weighted by atomic mass is 10.2. The monoisotopic (exact) mass is 414 g/mol. The fraction of sp³-hybridized carbons (Fsp3) is 0.190. The molecule has 0 bridgehead atoms. The molecule has 1 heterocycles. The fourth-order valence-corrected chi connectivity index (χ4v) is 3.24. The van der Waals surface area contributed by atoms with Crippen molar-refractivity contribution in [3.05, 3.63) is 71.0 Å². The molecule has 3 rings (SSSR count). The number of benzene rings is 2. The van der Waals surface area contributed by atoms with Crippen LogP contribution in [0.15, 0.2) is 53.9 Å². The minimum absolute atomic E-state index is 0.138. The molecule has 150 valence electrons. The number of hydrogen-bond donors (Lipinski definition) is 1. The van der Waals surface area contributed by atoms with Gasteiger partial charge in [-0.2, -0.15) is 0 Å². The summed E-state index contributed by atoms with van der Waals surface area (Å²) in [6, 6.07) is 13.1. The Kier molecular flexibility index (Phi) is 6.56. The van der Waals surface area contributed by atoms with Crippen LogP contribution in [0.2, 0.25) is 0 Å². The summed E-state index contributed by atoms with van der Waals surface area (Å²) in [5.74, 6) is -0.746. The maximum Gasteiger partial charge on any atom is 0.358 e. The van der Waals surface area contributed by atoms with Gasteiger partial charge in [-0.05, 0) is 48.9 Å². The summed E-state index contributed by atoms with van der Waals surface area (Å²) in [5, 5.41) is 4.90. The number of aromatic nitrogens is 1. The molecule has 0 aliphatic rings. The van der Waals surface area contributed by atoms with Crippen LogP contribution >= 0.6 is 11.3 Å². The first-order valence-electron chi connectivity index (χ1n) is 8.79. The quantitative estimate of drug-likeness (QED) is 0.595. The highest BCUT2D eigenvalue weighted by Crippen LogP contribution is 2.26. The lowest BCUT2D eigenvalue weighted by molar-refractivity contribution is -0.129. The van der Waals surface area contributed by atoms with Crippen molar-refractivity contribution in [1.29, 1.82) is 0 Å². The highest BCUT2D eigenvalue weighted by molar-refractivity contribution is 7.13. The molecule has 1 amide bonds. The summed E-state index contributed by atoms with van der Waals surface area (Å²) >= 11 is 1.30.